The molecule has 6 nitrogen and oxygen atoms in total. The molecule has 2 aromatic rings. The van der Waals surface area contributed by atoms with Crippen molar-refractivity contribution in [3.63, 3.8) is 0 Å². The number of carbonyl (C=O) groups is 4. The van der Waals surface area contributed by atoms with Gasteiger partial charge in [0.15, 0.2) is 6.29 Å². The van der Waals surface area contributed by atoms with E-state index in [1.165, 1.54) is 25.3 Å². The van der Waals surface area contributed by atoms with Crippen LogP contribution in [0.25, 0.3) is 11.1 Å². The van der Waals surface area contributed by atoms with E-state index >= 15 is 0 Å². The van der Waals surface area contributed by atoms with Crippen LogP contribution in [-0.4, -0.2) is 31.3 Å². The SMILES string of the molecule is COC(=O)c1cccc(-c2ccc3c(c2)C(=O)OC3=O)c1C=O. The predicted octanol–water partition coefficient (Wildman–Crippen LogP) is 2.26. The zero-order chi connectivity index (χ0) is 16.6. The van der Waals surface area contributed by atoms with Crippen LogP contribution in [0.2, 0.25) is 0 Å². The third-order valence-corrected chi connectivity index (χ3v) is 3.59. The first-order valence-corrected chi connectivity index (χ1v) is 6.64. The molecule has 0 saturated carbocycles. The number of rotatable bonds is 3. The smallest absolute Gasteiger partial charge is 0.346 e. The van der Waals surface area contributed by atoms with Crippen molar-refractivity contribution >= 4 is 24.2 Å². The summed E-state index contributed by atoms with van der Waals surface area (Å²) in [6, 6.07) is 9.22. The second kappa shape index (κ2) is 5.49. The van der Waals surface area contributed by atoms with Gasteiger partial charge < -0.3 is 9.47 Å². The number of methoxy groups -OCH3 is 1. The molecular weight excluding hydrogens is 300 g/mol. The maximum Gasteiger partial charge on any atom is 0.346 e. The lowest BCUT2D eigenvalue weighted by atomic mass is 9.94. The normalized spacial score (nSPS) is 12.6. The number of hydrogen-bond donors (Lipinski definition) is 0. The lowest BCUT2D eigenvalue weighted by molar-refractivity contribution is 0.0442. The third kappa shape index (κ3) is 2.30. The molecule has 3 rings (SSSR count). The highest BCUT2D eigenvalue weighted by molar-refractivity contribution is 6.15. The van der Waals surface area contributed by atoms with Crippen molar-refractivity contribution in [2.75, 3.05) is 7.11 Å². The van der Waals surface area contributed by atoms with Crippen LogP contribution < -0.4 is 0 Å². The van der Waals surface area contributed by atoms with Crippen molar-refractivity contribution < 1.29 is 28.7 Å². The average Bonchev–Trinajstić information content (AvgIpc) is 2.87. The van der Waals surface area contributed by atoms with Gasteiger partial charge in [-0.1, -0.05) is 18.2 Å². The van der Waals surface area contributed by atoms with Gasteiger partial charge in [0, 0.05) is 5.56 Å². The average molecular weight is 310 g/mol. The Hall–Kier alpha value is -3.28. The summed E-state index contributed by atoms with van der Waals surface area (Å²) in [5.74, 6) is -2.07. The Bertz CT molecular complexity index is 865. The minimum atomic E-state index is -0.733. The van der Waals surface area contributed by atoms with E-state index in [1.54, 1.807) is 18.2 Å². The fraction of sp³-hybridized carbons (Fsp3) is 0.0588. The third-order valence-electron chi connectivity index (χ3n) is 3.59. The van der Waals surface area contributed by atoms with Gasteiger partial charge in [-0.2, -0.15) is 0 Å². The summed E-state index contributed by atoms with van der Waals surface area (Å²) in [5, 5.41) is 0. The van der Waals surface area contributed by atoms with E-state index in [0.717, 1.165) is 0 Å². The van der Waals surface area contributed by atoms with Crippen LogP contribution in [0, 0.1) is 0 Å². The van der Waals surface area contributed by atoms with Crippen LogP contribution in [0.15, 0.2) is 36.4 Å². The fourth-order valence-corrected chi connectivity index (χ4v) is 2.48. The minimum absolute atomic E-state index is 0.124. The topological polar surface area (TPSA) is 86.7 Å². The molecular formula is C17H10O6. The zero-order valence-electron chi connectivity index (χ0n) is 12.0. The van der Waals surface area contributed by atoms with E-state index in [0.29, 0.717) is 17.4 Å². The molecule has 6 heteroatoms. The predicted molar refractivity (Wildman–Crippen MR) is 78.4 cm³/mol. The van der Waals surface area contributed by atoms with Gasteiger partial charge in [-0.15, -0.1) is 0 Å². The van der Waals surface area contributed by atoms with Crippen molar-refractivity contribution in [1.82, 2.24) is 0 Å². The lowest BCUT2D eigenvalue weighted by Crippen LogP contribution is -2.06. The van der Waals surface area contributed by atoms with Gasteiger partial charge in [-0.3, -0.25) is 4.79 Å². The summed E-state index contributed by atoms with van der Waals surface area (Å²) in [7, 11) is 1.22. The van der Waals surface area contributed by atoms with Crippen molar-refractivity contribution in [1.29, 1.82) is 0 Å². The van der Waals surface area contributed by atoms with Gasteiger partial charge >= 0.3 is 17.9 Å². The molecule has 1 heterocycles. The number of esters is 3. The Labute approximate surface area is 130 Å². The quantitative estimate of drug-likeness (QED) is 0.491. The number of aldehydes is 1. The zero-order valence-corrected chi connectivity index (χ0v) is 12.0. The summed E-state index contributed by atoms with van der Waals surface area (Å²) in [4.78, 5) is 46.3. The lowest BCUT2D eigenvalue weighted by Gasteiger charge is -2.09. The Morgan fingerprint density at radius 1 is 1.04 bits per heavy atom. The number of carbonyl (C=O) groups excluding carboxylic acids is 4. The Kier molecular flexibility index (Phi) is 3.50. The van der Waals surface area contributed by atoms with Gasteiger partial charge in [0.1, 0.15) is 0 Å². The van der Waals surface area contributed by atoms with Crippen LogP contribution in [0.1, 0.15) is 41.4 Å². The molecule has 0 bridgehead atoms. The maximum absolute atomic E-state index is 11.8. The first-order valence-electron chi connectivity index (χ1n) is 6.64. The van der Waals surface area contributed by atoms with Gasteiger partial charge in [-0.25, -0.2) is 14.4 Å². The van der Waals surface area contributed by atoms with Gasteiger partial charge in [-0.05, 0) is 29.3 Å². The molecule has 0 unspecified atom stereocenters. The second-order valence-electron chi connectivity index (χ2n) is 4.81. The first-order chi connectivity index (χ1) is 11.1. The van der Waals surface area contributed by atoms with Gasteiger partial charge in [0.2, 0.25) is 0 Å². The number of hydrogen-bond acceptors (Lipinski definition) is 6. The highest BCUT2D eigenvalue weighted by Gasteiger charge is 2.30. The van der Waals surface area contributed by atoms with Crippen molar-refractivity contribution in [3.05, 3.63) is 58.7 Å². The van der Waals surface area contributed by atoms with Crippen LogP contribution in [0.5, 0.6) is 0 Å². The second-order valence-corrected chi connectivity index (χ2v) is 4.81. The molecule has 1 aliphatic rings. The highest BCUT2D eigenvalue weighted by Crippen LogP contribution is 2.30. The van der Waals surface area contributed by atoms with Crippen molar-refractivity contribution in [2.45, 2.75) is 0 Å². The largest absolute Gasteiger partial charge is 0.465 e. The van der Waals surface area contributed by atoms with E-state index in [2.05, 4.69) is 9.47 Å². The fourth-order valence-electron chi connectivity index (χ4n) is 2.48. The van der Waals surface area contributed by atoms with Crippen LogP contribution >= 0.6 is 0 Å². The van der Waals surface area contributed by atoms with E-state index in [9.17, 15) is 19.2 Å². The molecule has 0 aliphatic carbocycles. The van der Waals surface area contributed by atoms with E-state index in [-0.39, 0.29) is 22.3 Å². The first kappa shape index (κ1) is 14.6. The molecule has 0 fully saturated rings. The summed E-state index contributed by atoms with van der Waals surface area (Å²) in [6.45, 7) is 0. The number of cyclic esters (lactones) is 2. The summed E-state index contributed by atoms with van der Waals surface area (Å²) in [6.07, 6.45) is 0.554. The van der Waals surface area contributed by atoms with E-state index in [4.69, 9.17) is 0 Å². The number of fused-ring (bicyclic) bond motifs is 1. The summed E-state index contributed by atoms with van der Waals surface area (Å²) >= 11 is 0. The molecule has 0 atom stereocenters. The van der Waals surface area contributed by atoms with Crippen molar-refractivity contribution in [2.24, 2.45) is 0 Å². The molecule has 0 saturated heterocycles. The van der Waals surface area contributed by atoms with Crippen molar-refractivity contribution in [3.8, 4) is 11.1 Å². The number of benzene rings is 2. The van der Waals surface area contributed by atoms with E-state index < -0.39 is 17.9 Å². The minimum Gasteiger partial charge on any atom is -0.465 e. The molecule has 0 aromatic heterocycles. The molecule has 0 N–H and O–H groups in total. The van der Waals surface area contributed by atoms with Crippen LogP contribution in [0.3, 0.4) is 0 Å². The number of ether oxygens (including phenoxy) is 2. The molecule has 23 heavy (non-hydrogen) atoms. The molecule has 1 aliphatic heterocycles. The summed E-state index contributed by atoms with van der Waals surface area (Å²) < 4.78 is 9.20. The van der Waals surface area contributed by atoms with Gasteiger partial charge in [0.25, 0.3) is 0 Å². The molecule has 2 aromatic carbocycles. The highest BCUT2D eigenvalue weighted by atomic mass is 16.6. The standard InChI is InChI=1S/C17H10O6/c1-22-15(19)11-4-2-3-10(14(11)8-18)9-5-6-12-13(7-9)17(21)23-16(12)20/h2-8H,1H3. The van der Waals surface area contributed by atoms with E-state index in [1.807, 2.05) is 0 Å². The molecule has 0 spiro atoms. The molecule has 114 valence electrons. The van der Waals surface area contributed by atoms with Crippen LogP contribution in [0.4, 0.5) is 0 Å². The Morgan fingerprint density at radius 3 is 2.48 bits per heavy atom. The van der Waals surface area contributed by atoms with Crippen LogP contribution in [-0.2, 0) is 9.47 Å². The summed E-state index contributed by atoms with van der Waals surface area (Å²) in [5.41, 5.74) is 1.56. The maximum atomic E-state index is 11.8. The molecule has 0 amide bonds. The molecule has 0 radical (unpaired) electrons. The Morgan fingerprint density at radius 2 is 1.78 bits per heavy atom. The monoisotopic (exact) mass is 310 g/mol. The Balaban J connectivity index is 2.19. The van der Waals surface area contributed by atoms with Gasteiger partial charge in [0.05, 0.1) is 23.8 Å².